The fourth-order valence-corrected chi connectivity index (χ4v) is 2.44. The monoisotopic (exact) mass is 261 g/mol. The normalized spacial score (nSPS) is 17.3. The molecule has 0 saturated carbocycles. The van der Waals surface area contributed by atoms with E-state index >= 15 is 0 Å². The molecule has 0 aliphatic carbocycles. The molecule has 1 saturated heterocycles. The molecule has 1 fully saturated rings. The van der Waals surface area contributed by atoms with Crippen LogP contribution < -0.4 is 11.1 Å². The Kier molecular flexibility index (Phi) is 5.36. The minimum Gasteiger partial charge on any atom is -0.353 e. The summed E-state index contributed by atoms with van der Waals surface area (Å²) in [6.07, 6.45) is 3.15. The Labute approximate surface area is 115 Å². The molecule has 1 aromatic rings. The number of amides is 1. The fraction of sp³-hybridized carbons (Fsp3) is 0.533. The topological polar surface area (TPSA) is 58.4 Å². The van der Waals surface area contributed by atoms with E-state index in [1.807, 2.05) is 30.3 Å². The number of nitrogens with one attached hydrogen (secondary N) is 1. The van der Waals surface area contributed by atoms with Gasteiger partial charge in [0.15, 0.2) is 0 Å². The Morgan fingerprint density at radius 3 is 2.63 bits per heavy atom. The van der Waals surface area contributed by atoms with Gasteiger partial charge in [0.1, 0.15) is 0 Å². The number of rotatable bonds is 6. The molecule has 1 atom stereocenters. The molecule has 4 heteroatoms. The van der Waals surface area contributed by atoms with Crippen LogP contribution in [0.1, 0.15) is 18.4 Å². The van der Waals surface area contributed by atoms with E-state index in [0.29, 0.717) is 13.0 Å². The van der Waals surface area contributed by atoms with Crippen LogP contribution in [0.5, 0.6) is 0 Å². The molecule has 19 heavy (non-hydrogen) atoms. The van der Waals surface area contributed by atoms with Gasteiger partial charge in [-0.15, -0.1) is 0 Å². The van der Waals surface area contributed by atoms with Crippen LogP contribution in [0.4, 0.5) is 0 Å². The van der Waals surface area contributed by atoms with Gasteiger partial charge in [-0.2, -0.15) is 0 Å². The molecule has 4 nitrogen and oxygen atoms in total. The second-order valence-corrected chi connectivity index (χ2v) is 5.14. The highest BCUT2D eigenvalue weighted by Gasteiger charge is 2.15. The van der Waals surface area contributed by atoms with Crippen molar-refractivity contribution >= 4 is 5.91 Å². The second kappa shape index (κ2) is 7.26. The first-order chi connectivity index (χ1) is 9.25. The number of carbonyl (C=O) groups is 1. The Balaban J connectivity index is 1.67. The molecule has 1 amide bonds. The fourth-order valence-electron chi connectivity index (χ4n) is 2.44. The van der Waals surface area contributed by atoms with Gasteiger partial charge in [-0.05, 0) is 37.9 Å². The largest absolute Gasteiger partial charge is 0.353 e. The minimum atomic E-state index is -0.457. The quantitative estimate of drug-likeness (QED) is 0.795. The van der Waals surface area contributed by atoms with Gasteiger partial charge >= 0.3 is 0 Å². The Bertz CT molecular complexity index is 388. The first-order valence-electron chi connectivity index (χ1n) is 7.05. The van der Waals surface area contributed by atoms with Crippen LogP contribution in [0.25, 0.3) is 0 Å². The van der Waals surface area contributed by atoms with Gasteiger partial charge in [0.05, 0.1) is 6.04 Å². The highest BCUT2D eigenvalue weighted by molar-refractivity contribution is 5.81. The predicted octanol–water partition coefficient (Wildman–Crippen LogP) is 0.768. The first kappa shape index (κ1) is 14.0. The molecule has 1 aromatic carbocycles. The SMILES string of the molecule is N[C@H](Cc1ccccc1)C(=O)NCCN1CCCC1. The molecule has 2 rings (SSSR count). The molecule has 0 bridgehead atoms. The van der Waals surface area contributed by atoms with Crippen molar-refractivity contribution < 1.29 is 4.79 Å². The lowest BCUT2D eigenvalue weighted by molar-refractivity contribution is -0.122. The van der Waals surface area contributed by atoms with Crippen LogP contribution in [0.3, 0.4) is 0 Å². The lowest BCUT2D eigenvalue weighted by Crippen LogP contribution is -2.44. The molecule has 3 N–H and O–H groups in total. The molecule has 0 radical (unpaired) electrons. The maximum atomic E-state index is 11.9. The van der Waals surface area contributed by atoms with Gasteiger partial charge in [0.2, 0.25) is 5.91 Å². The van der Waals surface area contributed by atoms with Gasteiger partial charge in [-0.3, -0.25) is 4.79 Å². The molecular formula is C15H23N3O. The van der Waals surface area contributed by atoms with E-state index in [0.717, 1.165) is 25.2 Å². The van der Waals surface area contributed by atoms with E-state index in [1.54, 1.807) is 0 Å². The van der Waals surface area contributed by atoms with Crippen LogP contribution in [0.2, 0.25) is 0 Å². The summed E-state index contributed by atoms with van der Waals surface area (Å²) < 4.78 is 0. The number of nitrogens with two attached hydrogens (primary N) is 1. The predicted molar refractivity (Wildman–Crippen MR) is 76.8 cm³/mol. The average molecular weight is 261 g/mol. The number of nitrogens with zero attached hydrogens (tertiary/aromatic N) is 1. The summed E-state index contributed by atoms with van der Waals surface area (Å²) in [6, 6.07) is 9.43. The summed E-state index contributed by atoms with van der Waals surface area (Å²) in [5.41, 5.74) is 7.02. The summed E-state index contributed by atoms with van der Waals surface area (Å²) in [7, 11) is 0. The summed E-state index contributed by atoms with van der Waals surface area (Å²) >= 11 is 0. The standard InChI is InChI=1S/C15H23N3O/c16-14(12-13-6-2-1-3-7-13)15(19)17-8-11-18-9-4-5-10-18/h1-3,6-7,14H,4-5,8-12,16H2,(H,17,19)/t14-/m1/s1. The first-order valence-corrected chi connectivity index (χ1v) is 7.05. The second-order valence-electron chi connectivity index (χ2n) is 5.14. The molecule has 1 aliphatic heterocycles. The number of hydrogen-bond donors (Lipinski definition) is 2. The van der Waals surface area contributed by atoms with Crippen molar-refractivity contribution in [2.45, 2.75) is 25.3 Å². The van der Waals surface area contributed by atoms with Gasteiger partial charge in [0, 0.05) is 13.1 Å². The highest BCUT2D eigenvalue weighted by Crippen LogP contribution is 2.05. The molecule has 0 aromatic heterocycles. The van der Waals surface area contributed by atoms with Crippen molar-refractivity contribution in [3.8, 4) is 0 Å². The number of hydrogen-bond acceptors (Lipinski definition) is 3. The summed E-state index contributed by atoms with van der Waals surface area (Å²) in [5, 5.41) is 2.92. The van der Waals surface area contributed by atoms with Crippen molar-refractivity contribution in [2.24, 2.45) is 5.73 Å². The molecule has 1 heterocycles. The van der Waals surface area contributed by atoms with Gasteiger partial charge in [0.25, 0.3) is 0 Å². The number of likely N-dealkylation sites (tertiary alicyclic amines) is 1. The van der Waals surface area contributed by atoms with Crippen molar-refractivity contribution in [3.05, 3.63) is 35.9 Å². The van der Waals surface area contributed by atoms with Crippen molar-refractivity contribution in [1.29, 1.82) is 0 Å². The van der Waals surface area contributed by atoms with Crippen molar-refractivity contribution in [3.63, 3.8) is 0 Å². The van der Waals surface area contributed by atoms with E-state index in [4.69, 9.17) is 5.73 Å². The Hall–Kier alpha value is -1.39. The number of benzene rings is 1. The lowest BCUT2D eigenvalue weighted by Gasteiger charge is -2.16. The summed E-state index contributed by atoms with van der Waals surface area (Å²) in [5.74, 6) is -0.0527. The third kappa shape index (κ3) is 4.65. The van der Waals surface area contributed by atoms with Crippen LogP contribution >= 0.6 is 0 Å². The van der Waals surface area contributed by atoms with Gasteiger partial charge < -0.3 is 16.0 Å². The van der Waals surface area contributed by atoms with Crippen LogP contribution in [0, 0.1) is 0 Å². The van der Waals surface area contributed by atoms with Crippen LogP contribution in [-0.2, 0) is 11.2 Å². The third-order valence-corrected chi connectivity index (χ3v) is 3.56. The zero-order valence-corrected chi connectivity index (χ0v) is 11.3. The van der Waals surface area contributed by atoms with Crippen molar-refractivity contribution in [2.75, 3.05) is 26.2 Å². The zero-order valence-electron chi connectivity index (χ0n) is 11.3. The Morgan fingerprint density at radius 1 is 1.26 bits per heavy atom. The number of carbonyl (C=O) groups excluding carboxylic acids is 1. The smallest absolute Gasteiger partial charge is 0.237 e. The third-order valence-electron chi connectivity index (χ3n) is 3.56. The van der Waals surface area contributed by atoms with E-state index in [1.165, 1.54) is 12.8 Å². The molecule has 0 spiro atoms. The van der Waals surface area contributed by atoms with E-state index in [9.17, 15) is 4.79 Å². The Morgan fingerprint density at radius 2 is 1.95 bits per heavy atom. The summed E-state index contributed by atoms with van der Waals surface area (Å²) in [4.78, 5) is 14.2. The lowest BCUT2D eigenvalue weighted by atomic mass is 10.1. The zero-order chi connectivity index (χ0) is 13.5. The molecule has 0 unspecified atom stereocenters. The maximum absolute atomic E-state index is 11.9. The maximum Gasteiger partial charge on any atom is 0.237 e. The van der Waals surface area contributed by atoms with Gasteiger partial charge in [-0.1, -0.05) is 30.3 Å². The van der Waals surface area contributed by atoms with Crippen LogP contribution in [0.15, 0.2) is 30.3 Å². The van der Waals surface area contributed by atoms with Crippen molar-refractivity contribution in [1.82, 2.24) is 10.2 Å². The van der Waals surface area contributed by atoms with Crippen LogP contribution in [-0.4, -0.2) is 43.0 Å². The van der Waals surface area contributed by atoms with E-state index in [2.05, 4.69) is 10.2 Å². The molecular weight excluding hydrogens is 238 g/mol. The van der Waals surface area contributed by atoms with Gasteiger partial charge in [-0.25, -0.2) is 0 Å². The molecule has 1 aliphatic rings. The highest BCUT2D eigenvalue weighted by atomic mass is 16.2. The molecule has 104 valence electrons. The minimum absolute atomic E-state index is 0.0527. The van der Waals surface area contributed by atoms with E-state index < -0.39 is 6.04 Å². The average Bonchev–Trinajstić information content (AvgIpc) is 2.93. The van der Waals surface area contributed by atoms with E-state index in [-0.39, 0.29) is 5.91 Å². The summed E-state index contributed by atoms with van der Waals surface area (Å²) in [6.45, 7) is 3.95.